The molecule has 0 saturated heterocycles. The molecule has 0 bridgehead atoms. The van der Waals surface area contributed by atoms with Gasteiger partial charge in [-0.3, -0.25) is 0 Å². The van der Waals surface area contributed by atoms with Gasteiger partial charge in [-0.15, -0.1) is 0 Å². The highest BCUT2D eigenvalue weighted by molar-refractivity contribution is 5.35. The smallest absolute Gasteiger partial charge is 0.123 e. The van der Waals surface area contributed by atoms with Crippen molar-refractivity contribution in [2.45, 2.75) is 32.7 Å². The average molecular weight is 249 g/mol. The third-order valence-corrected chi connectivity index (χ3v) is 3.28. The van der Waals surface area contributed by atoms with Gasteiger partial charge in [0.15, 0.2) is 0 Å². The second kappa shape index (κ2) is 6.01. The monoisotopic (exact) mass is 249 g/mol. The molecule has 1 heterocycles. The van der Waals surface area contributed by atoms with E-state index in [1.54, 1.807) is 6.07 Å². The first-order chi connectivity index (χ1) is 8.72. The molecule has 1 aliphatic rings. The summed E-state index contributed by atoms with van der Waals surface area (Å²) in [7, 11) is 0. The largest absolute Gasteiger partial charge is 0.501 e. The van der Waals surface area contributed by atoms with Crippen LogP contribution in [0, 0.1) is 12.7 Å². The van der Waals surface area contributed by atoms with Crippen LogP contribution in [0.25, 0.3) is 0 Å². The van der Waals surface area contributed by atoms with Crippen molar-refractivity contribution in [3.63, 3.8) is 0 Å². The molecule has 1 atom stereocenters. The minimum absolute atomic E-state index is 0.135. The highest BCUT2D eigenvalue weighted by Crippen LogP contribution is 2.29. The molecule has 98 valence electrons. The van der Waals surface area contributed by atoms with E-state index in [1.165, 1.54) is 11.6 Å². The Morgan fingerprint density at radius 1 is 1.44 bits per heavy atom. The van der Waals surface area contributed by atoms with Crippen molar-refractivity contribution in [3.05, 3.63) is 47.0 Å². The van der Waals surface area contributed by atoms with Crippen LogP contribution in [0.1, 0.15) is 36.9 Å². The van der Waals surface area contributed by atoms with E-state index in [0.717, 1.165) is 37.1 Å². The quantitative estimate of drug-likeness (QED) is 0.882. The Morgan fingerprint density at radius 2 is 2.28 bits per heavy atom. The number of likely N-dealkylation sites (N-methyl/N-ethyl adjacent to an activating group) is 1. The topological polar surface area (TPSA) is 21.3 Å². The summed E-state index contributed by atoms with van der Waals surface area (Å²) >= 11 is 0. The number of nitrogens with one attached hydrogen (secondary N) is 1. The zero-order valence-corrected chi connectivity index (χ0v) is 11.0. The highest BCUT2D eigenvalue weighted by atomic mass is 19.1. The summed E-state index contributed by atoms with van der Waals surface area (Å²) in [5.74, 6) is -0.180. The molecule has 0 amide bonds. The maximum Gasteiger partial charge on any atom is 0.123 e. The second-order valence-corrected chi connectivity index (χ2v) is 4.66. The summed E-state index contributed by atoms with van der Waals surface area (Å²) in [5.41, 5.74) is 3.36. The zero-order valence-electron chi connectivity index (χ0n) is 11.0. The van der Waals surface area contributed by atoms with Crippen LogP contribution in [0.3, 0.4) is 0 Å². The third-order valence-electron chi connectivity index (χ3n) is 3.28. The first kappa shape index (κ1) is 13.1. The van der Waals surface area contributed by atoms with Gasteiger partial charge in [0.2, 0.25) is 0 Å². The van der Waals surface area contributed by atoms with E-state index in [0.29, 0.717) is 0 Å². The van der Waals surface area contributed by atoms with Crippen LogP contribution >= 0.6 is 0 Å². The predicted octanol–water partition coefficient (Wildman–Crippen LogP) is 3.48. The van der Waals surface area contributed by atoms with Gasteiger partial charge in [-0.25, -0.2) is 4.39 Å². The van der Waals surface area contributed by atoms with E-state index in [2.05, 4.69) is 12.2 Å². The van der Waals surface area contributed by atoms with Crippen molar-refractivity contribution < 1.29 is 9.13 Å². The summed E-state index contributed by atoms with van der Waals surface area (Å²) in [4.78, 5) is 0. The lowest BCUT2D eigenvalue weighted by atomic mass is 9.92. The molecule has 0 spiro atoms. The number of benzene rings is 1. The van der Waals surface area contributed by atoms with Crippen molar-refractivity contribution in [2.24, 2.45) is 0 Å². The molecule has 0 aromatic heterocycles. The van der Waals surface area contributed by atoms with Gasteiger partial charge in [0, 0.05) is 0 Å². The van der Waals surface area contributed by atoms with Crippen LogP contribution in [0.2, 0.25) is 0 Å². The molecule has 2 nitrogen and oxygen atoms in total. The minimum Gasteiger partial charge on any atom is -0.501 e. The van der Waals surface area contributed by atoms with Gasteiger partial charge in [-0.1, -0.05) is 13.0 Å². The van der Waals surface area contributed by atoms with Crippen molar-refractivity contribution >= 4 is 0 Å². The Bertz CT molecular complexity index is 442. The number of ether oxygens (including phenoxy) is 1. The highest BCUT2D eigenvalue weighted by Gasteiger charge is 2.19. The van der Waals surface area contributed by atoms with E-state index >= 15 is 0 Å². The normalized spacial score (nSPS) is 16.9. The van der Waals surface area contributed by atoms with Gasteiger partial charge in [-0.2, -0.15) is 0 Å². The van der Waals surface area contributed by atoms with E-state index < -0.39 is 0 Å². The Hall–Kier alpha value is -1.35. The average Bonchev–Trinajstić information content (AvgIpc) is 2.38. The second-order valence-electron chi connectivity index (χ2n) is 4.66. The van der Waals surface area contributed by atoms with Gasteiger partial charge in [-0.05, 0) is 55.1 Å². The van der Waals surface area contributed by atoms with Gasteiger partial charge < -0.3 is 10.1 Å². The van der Waals surface area contributed by atoms with Crippen LogP contribution in [0.5, 0.6) is 0 Å². The molecule has 1 aromatic rings. The molecule has 1 unspecified atom stereocenters. The van der Waals surface area contributed by atoms with Gasteiger partial charge >= 0.3 is 0 Å². The van der Waals surface area contributed by atoms with E-state index in [9.17, 15) is 4.39 Å². The molecule has 0 radical (unpaired) electrons. The molecule has 1 aliphatic heterocycles. The molecule has 0 saturated carbocycles. The molecule has 1 aromatic carbocycles. The van der Waals surface area contributed by atoms with Crippen molar-refractivity contribution in [2.75, 3.05) is 13.2 Å². The maximum atomic E-state index is 13.2. The van der Waals surface area contributed by atoms with Crippen LogP contribution < -0.4 is 5.32 Å². The van der Waals surface area contributed by atoms with Gasteiger partial charge in [0.05, 0.1) is 18.9 Å². The fourth-order valence-electron chi connectivity index (χ4n) is 2.40. The Labute approximate surface area is 108 Å². The van der Waals surface area contributed by atoms with Crippen LogP contribution in [0.15, 0.2) is 30.0 Å². The summed E-state index contributed by atoms with van der Waals surface area (Å²) < 4.78 is 18.6. The number of hydrogen-bond acceptors (Lipinski definition) is 2. The molecule has 0 aliphatic carbocycles. The van der Waals surface area contributed by atoms with Crippen LogP contribution in [-0.2, 0) is 4.74 Å². The number of aryl methyl sites for hydroxylation is 1. The third kappa shape index (κ3) is 2.91. The van der Waals surface area contributed by atoms with E-state index in [1.807, 2.05) is 19.3 Å². The number of halogens is 1. The summed E-state index contributed by atoms with van der Waals surface area (Å²) in [5, 5.41) is 3.46. The number of rotatable bonds is 4. The molecule has 2 rings (SSSR count). The van der Waals surface area contributed by atoms with Crippen molar-refractivity contribution in [1.29, 1.82) is 0 Å². The molecule has 18 heavy (non-hydrogen) atoms. The van der Waals surface area contributed by atoms with E-state index in [-0.39, 0.29) is 11.9 Å². The molecule has 3 heteroatoms. The van der Waals surface area contributed by atoms with Crippen molar-refractivity contribution in [3.8, 4) is 0 Å². The SMILES string of the molecule is CCNC(C1=COCCC1)c1ccc(F)cc1C. The van der Waals surface area contributed by atoms with Crippen LogP contribution in [0.4, 0.5) is 4.39 Å². The first-order valence-corrected chi connectivity index (χ1v) is 6.52. The molecular weight excluding hydrogens is 229 g/mol. The first-order valence-electron chi connectivity index (χ1n) is 6.52. The zero-order chi connectivity index (χ0) is 13.0. The fraction of sp³-hybridized carbons (Fsp3) is 0.467. The summed E-state index contributed by atoms with van der Waals surface area (Å²) in [6, 6.07) is 5.12. The standard InChI is InChI=1S/C15H20FNO/c1-3-17-15(12-5-4-8-18-10-12)14-7-6-13(16)9-11(14)2/h6-7,9-10,15,17H,3-5,8H2,1-2H3. The molecule has 0 fully saturated rings. The Morgan fingerprint density at radius 3 is 2.89 bits per heavy atom. The van der Waals surface area contributed by atoms with Gasteiger partial charge in [0.1, 0.15) is 5.82 Å². The summed E-state index contributed by atoms with van der Waals surface area (Å²) in [6.45, 7) is 5.70. The fourth-order valence-corrected chi connectivity index (χ4v) is 2.40. The maximum absolute atomic E-state index is 13.2. The van der Waals surface area contributed by atoms with E-state index in [4.69, 9.17) is 4.74 Å². The number of hydrogen-bond donors (Lipinski definition) is 1. The molecule has 1 N–H and O–H groups in total. The molecular formula is C15H20FNO. The van der Waals surface area contributed by atoms with Crippen molar-refractivity contribution in [1.82, 2.24) is 5.32 Å². The lowest BCUT2D eigenvalue weighted by Gasteiger charge is -2.25. The predicted molar refractivity (Wildman–Crippen MR) is 70.8 cm³/mol. The summed E-state index contributed by atoms with van der Waals surface area (Å²) in [6.07, 6.45) is 3.95. The Kier molecular flexibility index (Phi) is 4.37. The minimum atomic E-state index is -0.180. The van der Waals surface area contributed by atoms with Crippen LogP contribution in [-0.4, -0.2) is 13.2 Å². The lowest BCUT2D eigenvalue weighted by Crippen LogP contribution is -2.25. The van der Waals surface area contributed by atoms with Gasteiger partial charge in [0.25, 0.3) is 0 Å². The lowest BCUT2D eigenvalue weighted by molar-refractivity contribution is 0.219. The Balaban J connectivity index is 2.31.